The van der Waals surface area contributed by atoms with Crippen LogP contribution in [-0.4, -0.2) is 17.2 Å². The molecule has 0 radical (unpaired) electrons. The molecule has 1 aromatic carbocycles. The molecule has 5 nitrogen and oxygen atoms in total. The van der Waals surface area contributed by atoms with Crippen LogP contribution < -0.4 is 0 Å². The second kappa shape index (κ2) is 4.35. The van der Waals surface area contributed by atoms with Crippen molar-refractivity contribution in [3.05, 3.63) is 29.6 Å². The molecule has 0 saturated carbocycles. The highest BCUT2D eigenvalue weighted by atomic mass is 32.3. The van der Waals surface area contributed by atoms with Gasteiger partial charge in [-0.3, -0.25) is 4.55 Å². The molecule has 0 bridgehead atoms. The van der Waals surface area contributed by atoms with Gasteiger partial charge >= 0.3 is 21.5 Å². The average Bonchev–Trinajstić information content (AvgIpc) is 2.07. The topological polar surface area (TPSA) is 80.7 Å². The zero-order chi connectivity index (χ0) is 11.6. The first-order chi connectivity index (χ1) is 6.84. The number of benzene rings is 1. The van der Waals surface area contributed by atoms with Crippen molar-refractivity contribution >= 4 is 21.5 Å². The Morgan fingerprint density at radius 1 is 1.47 bits per heavy atom. The molecule has 1 rings (SSSR count). The maximum absolute atomic E-state index is 13.0. The first-order valence-electron chi connectivity index (χ1n) is 3.65. The van der Waals surface area contributed by atoms with Crippen molar-refractivity contribution in [1.29, 1.82) is 0 Å². The summed E-state index contributed by atoms with van der Waals surface area (Å²) in [5.41, 5.74) is -0.164. The van der Waals surface area contributed by atoms with Gasteiger partial charge in [-0.25, -0.2) is 4.39 Å². The van der Waals surface area contributed by atoms with Crippen LogP contribution in [0.4, 0.5) is 4.39 Å². The highest BCUT2D eigenvalue weighted by Crippen LogP contribution is 2.20. The van der Waals surface area contributed by atoms with Gasteiger partial charge in [-0.15, -0.1) is 3.63 Å². The van der Waals surface area contributed by atoms with Crippen LogP contribution in [0.3, 0.4) is 0 Å². The molecule has 0 saturated heterocycles. The first kappa shape index (κ1) is 12.2. The van der Waals surface area contributed by atoms with Crippen molar-refractivity contribution in [3.8, 4) is 0 Å². The smallest absolute Gasteiger partial charge is 0.283 e. The van der Waals surface area contributed by atoms with Gasteiger partial charge in [0.15, 0.2) is 0 Å². The largest absolute Gasteiger partial charge is 0.317 e. The lowest BCUT2D eigenvalue weighted by atomic mass is 10.2. The predicted octanol–water partition coefficient (Wildman–Crippen LogP) is 0.976. The third kappa shape index (κ3) is 2.81. The van der Waals surface area contributed by atoms with Crippen LogP contribution in [-0.2, 0) is 25.1 Å². The van der Waals surface area contributed by atoms with Crippen molar-refractivity contribution in [3.63, 3.8) is 0 Å². The zero-order valence-corrected chi connectivity index (χ0v) is 9.14. The van der Waals surface area contributed by atoms with E-state index in [0.717, 1.165) is 12.1 Å². The van der Waals surface area contributed by atoms with Gasteiger partial charge in [0.2, 0.25) is 0 Å². The minimum Gasteiger partial charge on any atom is -0.283 e. The second-order valence-electron chi connectivity index (χ2n) is 2.60. The molecule has 15 heavy (non-hydrogen) atoms. The molecule has 1 atom stereocenters. The summed E-state index contributed by atoms with van der Waals surface area (Å²) in [5.74, 6) is -0.733. The lowest BCUT2D eigenvalue weighted by molar-refractivity contribution is 0.441. The lowest BCUT2D eigenvalue weighted by Crippen LogP contribution is -2.10. The summed E-state index contributed by atoms with van der Waals surface area (Å²) in [7, 11) is -4.40. The Kier molecular flexibility index (Phi) is 3.55. The highest BCUT2D eigenvalue weighted by molar-refractivity contribution is 7.95. The molecule has 1 unspecified atom stereocenters. The van der Waals surface area contributed by atoms with Crippen LogP contribution in [0.25, 0.3) is 0 Å². The standard InChI is InChI=1S/C7H7FO5S2/c1-5-6(8)3-2-4-7(5)15(11,12)13-14(9)10/h2-4H,1H3,(H,9,10). The van der Waals surface area contributed by atoms with Crippen molar-refractivity contribution in [2.75, 3.05) is 0 Å². The minimum absolute atomic E-state index is 0.164. The summed E-state index contributed by atoms with van der Waals surface area (Å²) in [6.07, 6.45) is 0. The van der Waals surface area contributed by atoms with E-state index in [9.17, 15) is 17.0 Å². The Hall–Kier alpha value is -0.830. The third-order valence-electron chi connectivity index (χ3n) is 1.64. The summed E-state index contributed by atoms with van der Waals surface area (Å²) >= 11 is -2.96. The fourth-order valence-electron chi connectivity index (χ4n) is 0.972. The fourth-order valence-corrected chi connectivity index (χ4v) is 2.60. The number of rotatable bonds is 3. The maximum atomic E-state index is 13.0. The van der Waals surface area contributed by atoms with E-state index >= 15 is 0 Å². The predicted molar refractivity (Wildman–Crippen MR) is 50.2 cm³/mol. The van der Waals surface area contributed by atoms with Crippen LogP contribution in [0.2, 0.25) is 0 Å². The highest BCUT2D eigenvalue weighted by Gasteiger charge is 2.22. The molecule has 1 aromatic rings. The molecule has 0 aliphatic heterocycles. The van der Waals surface area contributed by atoms with E-state index in [1.54, 1.807) is 0 Å². The number of hydrogen-bond acceptors (Lipinski definition) is 4. The molecular weight excluding hydrogens is 247 g/mol. The van der Waals surface area contributed by atoms with Crippen LogP contribution in [0.15, 0.2) is 23.1 Å². The quantitative estimate of drug-likeness (QED) is 0.813. The van der Waals surface area contributed by atoms with Gasteiger partial charge in [0.05, 0.1) is 0 Å². The van der Waals surface area contributed by atoms with E-state index in [4.69, 9.17) is 4.55 Å². The van der Waals surface area contributed by atoms with Gasteiger partial charge in [-0.05, 0) is 19.1 Å². The first-order valence-corrected chi connectivity index (χ1v) is 6.09. The van der Waals surface area contributed by atoms with Gasteiger partial charge in [0.25, 0.3) is 0 Å². The monoisotopic (exact) mass is 254 g/mol. The van der Waals surface area contributed by atoms with E-state index in [1.165, 1.54) is 13.0 Å². The zero-order valence-electron chi connectivity index (χ0n) is 7.51. The maximum Gasteiger partial charge on any atom is 0.317 e. The average molecular weight is 254 g/mol. The third-order valence-corrected chi connectivity index (χ3v) is 3.80. The molecule has 0 aliphatic rings. The van der Waals surface area contributed by atoms with Crippen molar-refractivity contribution in [1.82, 2.24) is 0 Å². The van der Waals surface area contributed by atoms with Crippen LogP contribution in [0.1, 0.15) is 5.56 Å². The Morgan fingerprint density at radius 2 is 2.07 bits per heavy atom. The van der Waals surface area contributed by atoms with E-state index in [1.807, 2.05) is 0 Å². The molecule has 84 valence electrons. The van der Waals surface area contributed by atoms with Gasteiger partial charge in [0.1, 0.15) is 10.7 Å². The molecule has 0 amide bonds. The number of hydrogen-bond donors (Lipinski definition) is 1. The molecule has 0 heterocycles. The molecular formula is C7H7FO5S2. The van der Waals surface area contributed by atoms with Crippen LogP contribution in [0.5, 0.6) is 0 Å². The van der Waals surface area contributed by atoms with Gasteiger partial charge in [0, 0.05) is 5.56 Å². The van der Waals surface area contributed by atoms with Crippen molar-refractivity contribution < 1.29 is 25.2 Å². The summed E-state index contributed by atoms with van der Waals surface area (Å²) in [4.78, 5) is -0.468. The molecule has 8 heteroatoms. The van der Waals surface area contributed by atoms with E-state index in [2.05, 4.69) is 3.63 Å². The van der Waals surface area contributed by atoms with Gasteiger partial charge in [-0.2, -0.15) is 12.6 Å². The van der Waals surface area contributed by atoms with Crippen LogP contribution in [0, 0.1) is 12.7 Å². The Bertz CT molecular complexity index is 496. The Balaban J connectivity index is 3.28. The van der Waals surface area contributed by atoms with Crippen molar-refractivity contribution in [2.45, 2.75) is 11.8 Å². The Labute approximate surface area is 88.5 Å². The van der Waals surface area contributed by atoms with Gasteiger partial charge in [-0.1, -0.05) is 6.07 Å². The summed E-state index contributed by atoms with van der Waals surface area (Å²) in [5, 5.41) is 0. The molecule has 1 N–H and O–H groups in total. The lowest BCUT2D eigenvalue weighted by Gasteiger charge is -2.05. The van der Waals surface area contributed by atoms with E-state index in [-0.39, 0.29) is 5.56 Å². The second-order valence-corrected chi connectivity index (χ2v) is 4.93. The minimum atomic E-state index is -4.40. The SMILES string of the molecule is Cc1c(F)cccc1S(=O)(=O)OS(=O)O. The fraction of sp³-hybridized carbons (Fsp3) is 0.143. The normalized spacial score (nSPS) is 13.8. The van der Waals surface area contributed by atoms with Crippen LogP contribution >= 0.6 is 0 Å². The molecule has 0 aliphatic carbocycles. The van der Waals surface area contributed by atoms with Gasteiger partial charge < -0.3 is 0 Å². The molecule has 0 spiro atoms. The van der Waals surface area contributed by atoms with E-state index in [0.29, 0.717) is 0 Å². The summed E-state index contributed by atoms with van der Waals surface area (Å²) in [6, 6.07) is 3.32. The number of halogens is 1. The summed E-state index contributed by atoms with van der Waals surface area (Å²) < 4.78 is 57.8. The molecule has 0 fully saturated rings. The van der Waals surface area contributed by atoms with Crippen molar-refractivity contribution in [2.24, 2.45) is 0 Å². The van der Waals surface area contributed by atoms with E-state index < -0.39 is 32.2 Å². The molecule has 0 aromatic heterocycles. The Morgan fingerprint density at radius 3 is 2.60 bits per heavy atom. The summed E-state index contributed by atoms with van der Waals surface area (Å²) in [6.45, 7) is 1.23.